The Morgan fingerprint density at radius 1 is 1.26 bits per heavy atom. The first-order valence-corrected chi connectivity index (χ1v) is 8.58. The molecule has 0 saturated heterocycles. The van der Waals surface area contributed by atoms with E-state index in [0.717, 1.165) is 31.0 Å². The van der Waals surface area contributed by atoms with Crippen molar-refractivity contribution in [1.29, 1.82) is 0 Å². The first-order valence-electron chi connectivity index (χ1n) is 8.20. The summed E-state index contributed by atoms with van der Waals surface area (Å²) in [6.45, 7) is 9.91. The lowest BCUT2D eigenvalue weighted by Gasteiger charge is -2.14. The molecule has 0 spiro atoms. The van der Waals surface area contributed by atoms with Crippen molar-refractivity contribution in [3.63, 3.8) is 0 Å². The Balaban J connectivity index is 2.10. The summed E-state index contributed by atoms with van der Waals surface area (Å²) in [7, 11) is 0. The lowest BCUT2D eigenvalue weighted by Crippen LogP contribution is -2.39. The number of fused-ring (bicyclic) bond motifs is 1. The van der Waals surface area contributed by atoms with Crippen molar-refractivity contribution in [3.05, 3.63) is 22.7 Å². The second kappa shape index (κ2) is 8.87. The molecule has 128 valence electrons. The van der Waals surface area contributed by atoms with Gasteiger partial charge in [0.05, 0.1) is 24.8 Å². The summed E-state index contributed by atoms with van der Waals surface area (Å²) in [6, 6.07) is 3.85. The fourth-order valence-corrected chi connectivity index (χ4v) is 2.48. The molecular formula is C17H26ClN3O2. The summed E-state index contributed by atoms with van der Waals surface area (Å²) in [6.07, 6.45) is 0.863. The molecule has 0 bridgehead atoms. The van der Waals surface area contributed by atoms with Crippen molar-refractivity contribution in [3.8, 4) is 11.5 Å². The van der Waals surface area contributed by atoms with E-state index in [1.807, 2.05) is 12.1 Å². The van der Waals surface area contributed by atoms with E-state index in [2.05, 4.69) is 36.4 Å². The lowest BCUT2D eigenvalue weighted by molar-refractivity contribution is 0.297. The van der Waals surface area contributed by atoms with Gasteiger partial charge in [0.15, 0.2) is 17.5 Å². The molecule has 2 N–H and O–H groups in total. The molecule has 1 aliphatic rings. The van der Waals surface area contributed by atoms with Crippen molar-refractivity contribution in [2.75, 3.05) is 26.3 Å². The molecule has 0 amide bonds. The number of hydrogen-bond acceptors (Lipinski definition) is 3. The van der Waals surface area contributed by atoms with Crippen LogP contribution in [-0.2, 0) is 6.54 Å². The van der Waals surface area contributed by atoms with E-state index in [4.69, 9.17) is 21.1 Å². The Kier molecular flexibility index (Phi) is 6.84. The quantitative estimate of drug-likeness (QED) is 0.639. The third-order valence-electron chi connectivity index (χ3n) is 3.30. The SMILES string of the molecule is CCNC(=NCc1cc(Cl)c2c(c1)OCCCO2)NCC(C)C. The highest BCUT2D eigenvalue weighted by molar-refractivity contribution is 6.32. The lowest BCUT2D eigenvalue weighted by atomic mass is 10.2. The average Bonchev–Trinajstić information content (AvgIpc) is 2.75. The van der Waals surface area contributed by atoms with Crippen LogP contribution in [0, 0.1) is 5.92 Å². The third-order valence-corrected chi connectivity index (χ3v) is 3.58. The second-order valence-corrected chi connectivity index (χ2v) is 6.33. The van der Waals surface area contributed by atoms with Gasteiger partial charge in [0, 0.05) is 19.5 Å². The van der Waals surface area contributed by atoms with Crippen LogP contribution in [0.25, 0.3) is 0 Å². The van der Waals surface area contributed by atoms with Crippen LogP contribution in [0.15, 0.2) is 17.1 Å². The molecule has 0 radical (unpaired) electrons. The highest BCUT2D eigenvalue weighted by Crippen LogP contribution is 2.38. The first kappa shape index (κ1) is 17.7. The molecule has 1 heterocycles. The average molecular weight is 340 g/mol. The van der Waals surface area contributed by atoms with Crippen molar-refractivity contribution in [2.45, 2.75) is 33.7 Å². The zero-order valence-electron chi connectivity index (χ0n) is 14.1. The third kappa shape index (κ3) is 5.50. The molecule has 0 aromatic heterocycles. The molecule has 1 aliphatic heterocycles. The van der Waals surface area contributed by atoms with Gasteiger partial charge in [-0.15, -0.1) is 0 Å². The van der Waals surface area contributed by atoms with Crippen LogP contribution in [0.4, 0.5) is 0 Å². The number of ether oxygens (including phenoxy) is 2. The highest BCUT2D eigenvalue weighted by atomic mass is 35.5. The Hall–Kier alpha value is -1.62. The number of rotatable bonds is 5. The van der Waals surface area contributed by atoms with Gasteiger partial charge in [0.25, 0.3) is 0 Å². The minimum atomic E-state index is 0.532. The number of halogens is 1. The van der Waals surface area contributed by atoms with Crippen LogP contribution < -0.4 is 20.1 Å². The van der Waals surface area contributed by atoms with Crippen molar-refractivity contribution in [2.24, 2.45) is 10.9 Å². The van der Waals surface area contributed by atoms with E-state index in [-0.39, 0.29) is 0 Å². The van der Waals surface area contributed by atoms with Crippen molar-refractivity contribution < 1.29 is 9.47 Å². The maximum absolute atomic E-state index is 6.31. The smallest absolute Gasteiger partial charge is 0.191 e. The van der Waals surface area contributed by atoms with Crippen LogP contribution in [0.3, 0.4) is 0 Å². The molecule has 1 aromatic carbocycles. The fraction of sp³-hybridized carbons (Fsp3) is 0.588. The molecule has 23 heavy (non-hydrogen) atoms. The summed E-state index contributed by atoms with van der Waals surface area (Å²) in [5.41, 5.74) is 1.00. The number of nitrogens with one attached hydrogen (secondary N) is 2. The van der Waals surface area contributed by atoms with E-state index in [9.17, 15) is 0 Å². The molecular weight excluding hydrogens is 314 g/mol. The zero-order chi connectivity index (χ0) is 16.7. The van der Waals surface area contributed by atoms with E-state index in [1.165, 1.54) is 0 Å². The van der Waals surface area contributed by atoms with Crippen molar-refractivity contribution in [1.82, 2.24) is 10.6 Å². The van der Waals surface area contributed by atoms with Gasteiger partial charge >= 0.3 is 0 Å². The summed E-state index contributed by atoms with van der Waals surface area (Å²) >= 11 is 6.31. The number of hydrogen-bond donors (Lipinski definition) is 2. The number of aliphatic imine (C=N–C) groups is 1. The molecule has 0 fully saturated rings. The normalized spacial score (nSPS) is 14.6. The standard InChI is InChI=1S/C17H26ClN3O2/c1-4-19-17(20-10-12(2)3)21-11-13-8-14(18)16-15(9-13)22-6-5-7-23-16/h8-9,12H,4-7,10-11H2,1-3H3,(H2,19,20,21). The first-order chi connectivity index (χ1) is 11.1. The summed E-state index contributed by atoms with van der Waals surface area (Å²) in [5, 5.41) is 7.15. The van der Waals surface area contributed by atoms with Gasteiger partial charge in [-0.2, -0.15) is 0 Å². The summed E-state index contributed by atoms with van der Waals surface area (Å²) in [4.78, 5) is 4.61. The number of guanidine groups is 1. The molecule has 6 heteroatoms. The molecule has 1 aromatic rings. The van der Waals surface area contributed by atoms with Gasteiger partial charge in [-0.3, -0.25) is 0 Å². The number of nitrogens with zero attached hydrogens (tertiary/aromatic N) is 1. The zero-order valence-corrected chi connectivity index (χ0v) is 14.9. The van der Waals surface area contributed by atoms with Crippen LogP contribution >= 0.6 is 11.6 Å². The van der Waals surface area contributed by atoms with Gasteiger partial charge in [-0.05, 0) is 30.5 Å². The molecule has 5 nitrogen and oxygen atoms in total. The minimum Gasteiger partial charge on any atom is -0.489 e. The maximum Gasteiger partial charge on any atom is 0.191 e. The Bertz CT molecular complexity index is 547. The van der Waals surface area contributed by atoms with Crippen molar-refractivity contribution >= 4 is 17.6 Å². The maximum atomic E-state index is 6.31. The Morgan fingerprint density at radius 2 is 2.04 bits per heavy atom. The van der Waals surface area contributed by atoms with Gasteiger partial charge < -0.3 is 20.1 Å². The second-order valence-electron chi connectivity index (χ2n) is 5.93. The monoisotopic (exact) mass is 339 g/mol. The van der Waals surface area contributed by atoms with E-state index in [1.54, 1.807) is 0 Å². The molecule has 0 saturated carbocycles. The van der Waals surface area contributed by atoms with E-state index >= 15 is 0 Å². The minimum absolute atomic E-state index is 0.532. The van der Waals surface area contributed by atoms with E-state index in [0.29, 0.717) is 42.2 Å². The Morgan fingerprint density at radius 3 is 2.78 bits per heavy atom. The molecule has 0 atom stereocenters. The van der Waals surface area contributed by atoms with Gasteiger partial charge in [0.1, 0.15) is 0 Å². The largest absolute Gasteiger partial charge is 0.489 e. The highest BCUT2D eigenvalue weighted by Gasteiger charge is 2.15. The topological polar surface area (TPSA) is 54.9 Å². The van der Waals surface area contributed by atoms with Gasteiger partial charge in [-0.25, -0.2) is 4.99 Å². The van der Waals surface area contributed by atoms with Crippen LogP contribution in [-0.4, -0.2) is 32.3 Å². The number of benzene rings is 1. The predicted molar refractivity (Wildman–Crippen MR) is 94.7 cm³/mol. The predicted octanol–water partition coefficient (Wildman–Crippen LogP) is 3.21. The van der Waals surface area contributed by atoms with Crippen LogP contribution in [0.2, 0.25) is 5.02 Å². The summed E-state index contributed by atoms with van der Waals surface area (Å²) in [5.74, 6) is 2.72. The van der Waals surface area contributed by atoms with E-state index < -0.39 is 0 Å². The molecule has 2 rings (SSSR count). The summed E-state index contributed by atoms with van der Waals surface area (Å²) < 4.78 is 11.4. The fourth-order valence-electron chi connectivity index (χ4n) is 2.19. The molecule has 0 aliphatic carbocycles. The van der Waals surface area contributed by atoms with Crippen LogP contribution in [0.1, 0.15) is 32.8 Å². The van der Waals surface area contributed by atoms with Gasteiger partial charge in [-0.1, -0.05) is 25.4 Å². The van der Waals surface area contributed by atoms with Gasteiger partial charge in [0.2, 0.25) is 0 Å². The van der Waals surface area contributed by atoms with Crippen LogP contribution in [0.5, 0.6) is 11.5 Å². The molecule has 0 unspecified atom stereocenters. The Labute approximate surface area is 143 Å².